The normalized spacial score (nSPS) is 28.9. The Morgan fingerprint density at radius 3 is 2.44 bits per heavy atom. The molecule has 1 aromatic rings. The Hall–Kier alpha value is -1.51. The second-order valence-electron chi connectivity index (χ2n) is 4.49. The first-order chi connectivity index (χ1) is 7.55. The van der Waals surface area contributed by atoms with Crippen molar-refractivity contribution < 1.29 is 14.3 Å². The van der Waals surface area contributed by atoms with Crippen molar-refractivity contribution >= 4 is 5.97 Å². The van der Waals surface area contributed by atoms with Gasteiger partial charge in [0.15, 0.2) is 0 Å². The van der Waals surface area contributed by atoms with Crippen LogP contribution in [-0.2, 0) is 15.1 Å². The molecule has 1 heterocycles. The van der Waals surface area contributed by atoms with Crippen molar-refractivity contribution in [2.75, 3.05) is 7.11 Å². The fourth-order valence-corrected chi connectivity index (χ4v) is 2.15. The lowest BCUT2D eigenvalue weighted by Crippen LogP contribution is -2.20. The molecule has 0 bridgehead atoms. The van der Waals surface area contributed by atoms with Crippen LogP contribution in [0.25, 0.3) is 0 Å². The molecule has 0 N–H and O–H groups in total. The molecule has 1 aromatic carbocycles. The van der Waals surface area contributed by atoms with Gasteiger partial charge in [-0.15, -0.1) is 0 Å². The van der Waals surface area contributed by atoms with Gasteiger partial charge < -0.3 is 9.47 Å². The van der Waals surface area contributed by atoms with Gasteiger partial charge in [0.2, 0.25) is 0 Å². The smallest absolute Gasteiger partial charge is 0.309 e. The Morgan fingerprint density at radius 1 is 1.38 bits per heavy atom. The Labute approximate surface area is 95.4 Å². The van der Waals surface area contributed by atoms with Crippen molar-refractivity contribution in [3.8, 4) is 5.75 Å². The number of ether oxygens (including phenoxy) is 2. The Balaban J connectivity index is 2.26. The van der Waals surface area contributed by atoms with Gasteiger partial charge in [-0.25, -0.2) is 0 Å². The minimum atomic E-state index is -0.483. The van der Waals surface area contributed by atoms with Crippen molar-refractivity contribution in [1.29, 1.82) is 0 Å². The van der Waals surface area contributed by atoms with E-state index in [1.165, 1.54) is 0 Å². The highest BCUT2D eigenvalue weighted by atomic mass is 16.6. The first-order valence-corrected chi connectivity index (χ1v) is 5.42. The topological polar surface area (TPSA) is 35.5 Å². The monoisotopic (exact) mass is 220 g/mol. The van der Waals surface area contributed by atoms with E-state index >= 15 is 0 Å². The lowest BCUT2D eigenvalue weighted by molar-refractivity contribution is -0.149. The summed E-state index contributed by atoms with van der Waals surface area (Å²) in [5.74, 6) is 0.676. The van der Waals surface area contributed by atoms with Crippen LogP contribution in [0, 0.1) is 5.92 Å². The summed E-state index contributed by atoms with van der Waals surface area (Å²) >= 11 is 0. The third-order valence-corrected chi connectivity index (χ3v) is 3.12. The first kappa shape index (κ1) is 11.0. The predicted octanol–water partition coefficient (Wildman–Crippen LogP) is 2.49. The van der Waals surface area contributed by atoms with Crippen LogP contribution in [0.2, 0.25) is 0 Å². The number of cyclic esters (lactones) is 1. The lowest BCUT2D eigenvalue weighted by Gasteiger charge is -2.23. The lowest BCUT2D eigenvalue weighted by atomic mass is 9.89. The van der Waals surface area contributed by atoms with Crippen molar-refractivity contribution in [1.82, 2.24) is 0 Å². The van der Waals surface area contributed by atoms with Gasteiger partial charge in [0.05, 0.1) is 13.0 Å². The summed E-state index contributed by atoms with van der Waals surface area (Å²) in [4.78, 5) is 11.4. The van der Waals surface area contributed by atoms with Crippen molar-refractivity contribution in [2.24, 2.45) is 5.92 Å². The molecule has 0 aromatic heterocycles. The second-order valence-corrected chi connectivity index (χ2v) is 4.49. The molecule has 2 rings (SSSR count). The molecule has 0 unspecified atom stereocenters. The summed E-state index contributed by atoms with van der Waals surface area (Å²) in [5.41, 5.74) is 0.536. The molecule has 16 heavy (non-hydrogen) atoms. The minimum Gasteiger partial charge on any atom is -0.497 e. The molecule has 3 heteroatoms. The molecular weight excluding hydrogens is 204 g/mol. The third-order valence-electron chi connectivity index (χ3n) is 3.12. The van der Waals surface area contributed by atoms with Gasteiger partial charge >= 0.3 is 5.97 Å². The number of hydrogen-bond acceptors (Lipinski definition) is 3. The van der Waals surface area contributed by atoms with Crippen LogP contribution >= 0.6 is 0 Å². The molecule has 0 aliphatic carbocycles. The molecule has 1 fully saturated rings. The molecule has 0 saturated carbocycles. The molecule has 0 spiro atoms. The summed E-state index contributed by atoms with van der Waals surface area (Å²) in [5, 5.41) is 0. The van der Waals surface area contributed by atoms with Crippen molar-refractivity contribution in [3.63, 3.8) is 0 Å². The first-order valence-electron chi connectivity index (χ1n) is 5.42. The van der Waals surface area contributed by atoms with Crippen LogP contribution in [-0.4, -0.2) is 13.1 Å². The maximum atomic E-state index is 11.4. The minimum absolute atomic E-state index is 0.0212. The third kappa shape index (κ3) is 1.77. The van der Waals surface area contributed by atoms with E-state index in [9.17, 15) is 4.79 Å². The van der Waals surface area contributed by atoms with E-state index in [0.29, 0.717) is 0 Å². The van der Waals surface area contributed by atoms with Gasteiger partial charge in [0.25, 0.3) is 0 Å². The summed E-state index contributed by atoms with van der Waals surface area (Å²) in [6, 6.07) is 7.67. The number of hydrogen-bond donors (Lipinski definition) is 0. The number of rotatable bonds is 2. The van der Waals surface area contributed by atoms with E-state index < -0.39 is 5.60 Å². The van der Waals surface area contributed by atoms with Crippen LogP contribution < -0.4 is 4.74 Å². The zero-order valence-electron chi connectivity index (χ0n) is 9.82. The van der Waals surface area contributed by atoms with Crippen molar-refractivity contribution in [3.05, 3.63) is 29.8 Å². The van der Waals surface area contributed by atoms with E-state index in [-0.39, 0.29) is 11.9 Å². The molecule has 1 aliphatic rings. The van der Waals surface area contributed by atoms with Crippen LogP contribution in [0.15, 0.2) is 24.3 Å². The summed E-state index contributed by atoms with van der Waals surface area (Å²) < 4.78 is 10.5. The van der Waals surface area contributed by atoms with Crippen LogP contribution in [0.4, 0.5) is 0 Å². The fraction of sp³-hybridized carbons (Fsp3) is 0.462. The molecule has 86 valence electrons. The number of methoxy groups -OCH3 is 1. The van der Waals surface area contributed by atoms with Gasteiger partial charge in [0, 0.05) is 6.42 Å². The molecule has 0 amide bonds. The summed E-state index contributed by atoms with van der Waals surface area (Å²) in [6.07, 6.45) is 0.734. The zero-order chi connectivity index (χ0) is 11.8. The number of benzene rings is 1. The van der Waals surface area contributed by atoms with Gasteiger partial charge in [-0.05, 0) is 24.6 Å². The number of esters is 1. The summed E-state index contributed by atoms with van der Waals surface area (Å²) in [6.45, 7) is 3.85. The quantitative estimate of drug-likeness (QED) is 0.718. The second kappa shape index (κ2) is 3.81. The molecule has 1 saturated heterocycles. The van der Waals surface area contributed by atoms with Crippen LogP contribution in [0.3, 0.4) is 0 Å². The van der Waals surface area contributed by atoms with Crippen molar-refractivity contribution in [2.45, 2.75) is 25.9 Å². The highest BCUT2D eigenvalue weighted by Crippen LogP contribution is 2.39. The van der Waals surface area contributed by atoms with E-state index in [1.807, 2.05) is 38.1 Å². The van der Waals surface area contributed by atoms with Gasteiger partial charge in [-0.2, -0.15) is 0 Å². The van der Waals surface area contributed by atoms with Gasteiger partial charge in [-0.3, -0.25) is 4.79 Å². The molecular formula is C13H16O3. The zero-order valence-corrected chi connectivity index (χ0v) is 9.82. The maximum Gasteiger partial charge on any atom is 0.309 e. The highest BCUT2D eigenvalue weighted by Gasteiger charge is 2.42. The number of carbonyl (C=O) groups excluding carboxylic acids is 1. The van der Waals surface area contributed by atoms with Gasteiger partial charge in [-0.1, -0.05) is 19.1 Å². The highest BCUT2D eigenvalue weighted by molar-refractivity contribution is 5.75. The number of carbonyl (C=O) groups is 1. The van der Waals surface area contributed by atoms with E-state index in [4.69, 9.17) is 9.47 Å². The SMILES string of the molecule is COc1ccc([C@@]2(C)C[C@H](C)C(=O)O2)cc1. The van der Waals surface area contributed by atoms with Crippen LogP contribution in [0.1, 0.15) is 25.8 Å². The average Bonchev–Trinajstić information content (AvgIpc) is 2.54. The predicted molar refractivity (Wildman–Crippen MR) is 60.2 cm³/mol. The Morgan fingerprint density at radius 2 is 2.00 bits per heavy atom. The maximum absolute atomic E-state index is 11.4. The summed E-state index contributed by atoms with van der Waals surface area (Å²) in [7, 11) is 1.63. The average molecular weight is 220 g/mol. The van der Waals surface area contributed by atoms with E-state index in [1.54, 1.807) is 7.11 Å². The molecule has 2 atom stereocenters. The molecule has 3 nitrogen and oxygen atoms in total. The molecule has 1 aliphatic heterocycles. The van der Waals surface area contributed by atoms with Crippen LogP contribution in [0.5, 0.6) is 5.75 Å². The fourth-order valence-electron chi connectivity index (χ4n) is 2.15. The molecule has 0 radical (unpaired) electrons. The Kier molecular flexibility index (Phi) is 2.62. The standard InChI is InChI=1S/C13H16O3/c1-9-8-13(2,16-12(9)14)10-4-6-11(15-3)7-5-10/h4-7,9H,8H2,1-3H3/t9-,13+/m0/s1. The van der Waals surface area contributed by atoms with E-state index in [0.717, 1.165) is 17.7 Å². The largest absolute Gasteiger partial charge is 0.497 e. The van der Waals surface area contributed by atoms with E-state index in [2.05, 4.69) is 0 Å². The van der Waals surface area contributed by atoms with Gasteiger partial charge in [0.1, 0.15) is 11.4 Å². The Bertz CT molecular complexity index is 396.